The van der Waals surface area contributed by atoms with Crippen molar-refractivity contribution in [3.05, 3.63) is 18.7 Å². The van der Waals surface area contributed by atoms with Gasteiger partial charge >= 0.3 is 0 Å². The second-order valence-electron chi connectivity index (χ2n) is 5.04. The van der Waals surface area contributed by atoms with E-state index in [4.69, 9.17) is 4.74 Å². The molecule has 0 amide bonds. The summed E-state index contributed by atoms with van der Waals surface area (Å²) in [4.78, 5) is 4.01. The Morgan fingerprint density at radius 1 is 1.56 bits per heavy atom. The summed E-state index contributed by atoms with van der Waals surface area (Å²) in [6, 6.07) is 0. The number of aromatic nitrogens is 2. The van der Waals surface area contributed by atoms with Crippen LogP contribution in [0.15, 0.2) is 18.7 Å². The van der Waals surface area contributed by atoms with E-state index in [0.717, 1.165) is 19.6 Å². The lowest BCUT2D eigenvalue weighted by molar-refractivity contribution is -0.0141. The maximum absolute atomic E-state index is 5.90. The van der Waals surface area contributed by atoms with E-state index >= 15 is 0 Å². The van der Waals surface area contributed by atoms with Crippen molar-refractivity contribution in [1.82, 2.24) is 14.9 Å². The zero-order chi connectivity index (χ0) is 11.4. The van der Waals surface area contributed by atoms with Gasteiger partial charge in [0.15, 0.2) is 0 Å². The van der Waals surface area contributed by atoms with Gasteiger partial charge in [0.1, 0.15) is 0 Å². The predicted molar refractivity (Wildman–Crippen MR) is 63.3 cm³/mol. The van der Waals surface area contributed by atoms with Crippen LogP contribution in [0, 0.1) is 0 Å². The van der Waals surface area contributed by atoms with Crippen molar-refractivity contribution < 1.29 is 4.74 Å². The summed E-state index contributed by atoms with van der Waals surface area (Å²) in [5.41, 5.74) is 0.0801. The average Bonchev–Trinajstić information content (AvgIpc) is 2.82. The molecule has 16 heavy (non-hydrogen) atoms. The van der Waals surface area contributed by atoms with Gasteiger partial charge in [-0.1, -0.05) is 0 Å². The van der Waals surface area contributed by atoms with Gasteiger partial charge in [-0.15, -0.1) is 0 Å². The Hall–Kier alpha value is -0.870. The first-order valence-corrected chi connectivity index (χ1v) is 6.00. The van der Waals surface area contributed by atoms with Crippen molar-refractivity contribution in [3.8, 4) is 0 Å². The Kier molecular flexibility index (Phi) is 3.61. The first-order chi connectivity index (χ1) is 7.66. The zero-order valence-corrected chi connectivity index (χ0v) is 10.1. The quantitative estimate of drug-likeness (QED) is 0.768. The minimum atomic E-state index is 0.0801. The second-order valence-corrected chi connectivity index (χ2v) is 5.04. The molecule has 1 atom stereocenters. The van der Waals surface area contributed by atoms with Gasteiger partial charge in [0.05, 0.1) is 18.0 Å². The summed E-state index contributed by atoms with van der Waals surface area (Å²) < 4.78 is 7.98. The molecule has 1 saturated heterocycles. The van der Waals surface area contributed by atoms with Gasteiger partial charge in [-0.3, -0.25) is 0 Å². The summed E-state index contributed by atoms with van der Waals surface area (Å²) in [7, 11) is 0. The summed E-state index contributed by atoms with van der Waals surface area (Å²) in [5, 5.41) is 3.43. The van der Waals surface area contributed by atoms with Gasteiger partial charge in [0.2, 0.25) is 0 Å². The lowest BCUT2D eigenvalue weighted by atomic mass is 10.1. The largest absolute Gasteiger partial charge is 0.371 e. The molecule has 1 N–H and O–H groups in total. The molecule has 4 nitrogen and oxygen atoms in total. The second kappa shape index (κ2) is 4.97. The van der Waals surface area contributed by atoms with Gasteiger partial charge in [-0.25, -0.2) is 4.98 Å². The van der Waals surface area contributed by atoms with Crippen molar-refractivity contribution in [2.45, 2.75) is 44.9 Å². The number of rotatable bonds is 5. The minimum Gasteiger partial charge on any atom is -0.371 e. The lowest BCUT2D eigenvalue weighted by Gasteiger charge is -2.19. The zero-order valence-electron chi connectivity index (χ0n) is 10.1. The van der Waals surface area contributed by atoms with Crippen LogP contribution >= 0.6 is 0 Å². The van der Waals surface area contributed by atoms with Crippen molar-refractivity contribution in [3.63, 3.8) is 0 Å². The number of nitrogens with zero attached hydrogens (tertiary/aromatic N) is 2. The number of nitrogens with one attached hydrogen (secondary N) is 1. The molecule has 0 spiro atoms. The summed E-state index contributed by atoms with van der Waals surface area (Å²) in [5.74, 6) is 0. The highest BCUT2D eigenvalue weighted by Crippen LogP contribution is 2.28. The molecular weight excluding hydrogens is 202 g/mol. The van der Waals surface area contributed by atoms with Crippen molar-refractivity contribution >= 4 is 0 Å². The first kappa shape index (κ1) is 11.6. The SMILES string of the molecule is CC1(C)CCC(CNCCn2ccnc2)O1. The maximum atomic E-state index is 5.90. The molecule has 1 fully saturated rings. The topological polar surface area (TPSA) is 39.1 Å². The summed E-state index contributed by atoms with van der Waals surface area (Å²) in [6.45, 7) is 7.22. The Balaban J connectivity index is 1.59. The molecule has 0 aromatic carbocycles. The molecule has 1 aromatic heterocycles. The number of imidazole rings is 1. The van der Waals surface area contributed by atoms with Crippen molar-refractivity contribution in [2.75, 3.05) is 13.1 Å². The van der Waals surface area contributed by atoms with Crippen LogP contribution < -0.4 is 5.32 Å². The van der Waals surface area contributed by atoms with Gasteiger partial charge < -0.3 is 14.6 Å². The minimum absolute atomic E-state index is 0.0801. The highest BCUT2D eigenvalue weighted by Gasteiger charge is 2.30. The molecule has 90 valence electrons. The third-order valence-electron chi connectivity index (χ3n) is 3.03. The van der Waals surface area contributed by atoms with Gasteiger partial charge in [-0.2, -0.15) is 0 Å². The van der Waals surface area contributed by atoms with Crippen LogP contribution in [0.1, 0.15) is 26.7 Å². The van der Waals surface area contributed by atoms with Crippen LogP contribution in [0.5, 0.6) is 0 Å². The molecule has 4 heteroatoms. The molecule has 2 heterocycles. The Morgan fingerprint density at radius 3 is 3.06 bits per heavy atom. The van der Waals surface area contributed by atoms with Crippen LogP contribution in [0.4, 0.5) is 0 Å². The fourth-order valence-corrected chi connectivity index (χ4v) is 2.11. The van der Waals surface area contributed by atoms with Gasteiger partial charge in [0, 0.05) is 32.0 Å². The molecule has 1 unspecified atom stereocenters. The van der Waals surface area contributed by atoms with E-state index in [-0.39, 0.29) is 5.60 Å². The van der Waals surface area contributed by atoms with Crippen molar-refractivity contribution in [2.24, 2.45) is 0 Å². The molecule has 1 aliphatic rings. The Labute approximate surface area is 97.0 Å². The third-order valence-corrected chi connectivity index (χ3v) is 3.03. The fraction of sp³-hybridized carbons (Fsp3) is 0.750. The molecule has 1 aliphatic heterocycles. The van der Waals surface area contributed by atoms with E-state index in [1.54, 1.807) is 0 Å². The van der Waals surface area contributed by atoms with Crippen LogP contribution in [0.3, 0.4) is 0 Å². The molecule has 0 saturated carbocycles. The van der Waals surface area contributed by atoms with Crippen LogP contribution in [-0.2, 0) is 11.3 Å². The van der Waals surface area contributed by atoms with Crippen LogP contribution in [-0.4, -0.2) is 34.3 Å². The Bertz CT molecular complexity index is 308. The number of hydrogen-bond acceptors (Lipinski definition) is 3. The lowest BCUT2D eigenvalue weighted by Crippen LogP contribution is -2.31. The van der Waals surface area contributed by atoms with Gasteiger partial charge in [-0.05, 0) is 26.7 Å². The van der Waals surface area contributed by atoms with E-state index in [1.807, 2.05) is 18.7 Å². The predicted octanol–water partition coefficient (Wildman–Crippen LogP) is 1.43. The van der Waals surface area contributed by atoms with Gasteiger partial charge in [0.25, 0.3) is 0 Å². The molecule has 0 radical (unpaired) electrons. The number of ether oxygens (including phenoxy) is 1. The molecule has 0 aliphatic carbocycles. The average molecular weight is 223 g/mol. The van der Waals surface area contributed by atoms with Crippen molar-refractivity contribution in [1.29, 1.82) is 0 Å². The summed E-state index contributed by atoms with van der Waals surface area (Å²) >= 11 is 0. The molecule has 1 aromatic rings. The van der Waals surface area contributed by atoms with E-state index in [9.17, 15) is 0 Å². The smallest absolute Gasteiger partial charge is 0.0946 e. The standard InChI is InChI=1S/C12H21N3O/c1-12(2)4-3-11(16-12)9-13-5-7-15-8-6-14-10-15/h6,8,10-11,13H,3-5,7,9H2,1-2H3. The van der Waals surface area contributed by atoms with E-state index < -0.39 is 0 Å². The monoisotopic (exact) mass is 223 g/mol. The van der Waals surface area contributed by atoms with E-state index in [2.05, 4.69) is 28.7 Å². The third kappa shape index (κ3) is 3.32. The summed E-state index contributed by atoms with van der Waals surface area (Å²) in [6.07, 6.45) is 8.36. The molecular formula is C12H21N3O. The van der Waals surface area contributed by atoms with E-state index in [1.165, 1.54) is 12.8 Å². The van der Waals surface area contributed by atoms with E-state index in [0.29, 0.717) is 6.10 Å². The first-order valence-electron chi connectivity index (χ1n) is 6.00. The normalized spacial score (nSPS) is 23.8. The maximum Gasteiger partial charge on any atom is 0.0946 e. The highest BCUT2D eigenvalue weighted by molar-refractivity contribution is 4.82. The number of hydrogen-bond donors (Lipinski definition) is 1. The van der Waals surface area contributed by atoms with Crippen LogP contribution in [0.2, 0.25) is 0 Å². The molecule has 2 rings (SSSR count). The van der Waals surface area contributed by atoms with Crippen LogP contribution in [0.25, 0.3) is 0 Å². The Morgan fingerprint density at radius 2 is 2.44 bits per heavy atom. The fourth-order valence-electron chi connectivity index (χ4n) is 2.11. The molecule has 0 bridgehead atoms. The highest BCUT2D eigenvalue weighted by atomic mass is 16.5.